The van der Waals surface area contributed by atoms with Gasteiger partial charge in [0.05, 0.1) is 0 Å². The Morgan fingerprint density at radius 3 is 2.27 bits per heavy atom. The Hall–Kier alpha value is -0.110. The molecule has 1 N–H and O–H groups in total. The summed E-state index contributed by atoms with van der Waals surface area (Å²) < 4.78 is 13.0. The third-order valence-corrected chi connectivity index (χ3v) is 1.54. The number of alkyl halides is 1. The minimum Gasteiger partial charge on any atom is -0.320 e. The second-order valence-corrected chi connectivity index (χ2v) is 4.25. The van der Waals surface area contributed by atoms with E-state index in [4.69, 9.17) is 0 Å². The van der Waals surface area contributed by atoms with Crippen LogP contribution in [0.1, 0.15) is 33.6 Å². The summed E-state index contributed by atoms with van der Waals surface area (Å²) in [6.07, 6.45) is 0.644. The van der Waals surface area contributed by atoms with Gasteiger partial charge >= 0.3 is 0 Å². The van der Waals surface area contributed by atoms with Gasteiger partial charge in [-0.1, -0.05) is 20.8 Å². The lowest BCUT2D eigenvalue weighted by Gasteiger charge is -2.20. The Labute approximate surface area is 69.4 Å². The summed E-state index contributed by atoms with van der Waals surface area (Å²) in [6, 6.07) is 0. The highest BCUT2D eigenvalue weighted by Gasteiger charge is 2.17. The molecule has 0 aromatic heterocycles. The van der Waals surface area contributed by atoms with Gasteiger partial charge < -0.3 is 5.32 Å². The normalized spacial score (nSPS) is 15.0. The molecule has 0 aromatic carbocycles. The second-order valence-electron chi connectivity index (χ2n) is 4.25. The summed E-state index contributed by atoms with van der Waals surface area (Å²) >= 11 is 0. The molecule has 1 atom stereocenters. The monoisotopic (exact) mass is 161 g/mol. The van der Waals surface area contributed by atoms with Crippen molar-refractivity contribution < 1.29 is 4.39 Å². The van der Waals surface area contributed by atoms with Crippen molar-refractivity contribution in [1.29, 1.82) is 0 Å². The van der Waals surface area contributed by atoms with Crippen LogP contribution < -0.4 is 5.32 Å². The Morgan fingerprint density at radius 2 is 1.91 bits per heavy atom. The van der Waals surface area contributed by atoms with Crippen LogP contribution in [0, 0.1) is 5.41 Å². The molecule has 0 heterocycles. The lowest BCUT2D eigenvalue weighted by Crippen LogP contribution is -2.19. The lowest BCUT2D eigenvalue weighted by molar-refractivity contribution is 0.213. The van der Waals surface area contributed by atoms with Gasteiger partial charge in [0.25, 0.3) is 0 Å². The van der Waals surface area contributed by atoms with Crippen LogP contribution in [0.25, 0.3) is 0 Å². The number of hydrogen-bond acceptors (Lipinski definition) is 1. The maximum absolute atomic E-state index is 13.0. The van der Waals surface area contributed by atoms with Crippen LogP contribution in [0.3, 0.4) is 0 Å². The van der Waals surface area contributed by atoms with Gasteiger partial charge in [0.1, 0.15) is 6.17 Å². The predicted molar refractivity (Wildman–Crippen MR) is 47.5 cm³/mol. The topological polar surface area (TPSA) is 12.0 Å². The van der Waals surface area contributed by atoms with Crippen LogP contribution in [0.2, 0.25) is 0 Å². The molecule has 0 unspecified atom stereocenters. The lowest BCUT2D eigenvalue weighted by atomic mass is 9.89. The first-order valence-corrected chi connectivity index (χ1v) is 4.24. The minimum atomic E-state index is -0.651. The Bertz CT molecular complexity index is 96.2. The molecule has 0 saturated carbocycles. The Balaban J connectivity index is 3.44. The molecular formula is C9H20FN. The summed E-state index contributed by atoms with van der Waals surface area (Å²) in [7, 11) is 1.85. The van der Waals surface area contributed by atoms with Crippen molar-refractivity contribution in [3.8, 4) is 0 Å². The van der Waals surface area contributed by atoms with Crippen LogP contribution in [0.4, 0.5) is 4.39 Å². The molecule has 0 amide bonds. The highest BCUT2D eigenvalue weighted by Crippen LogP contribution is 2.23. The van der Waals surface area contributed by atoms with Crippen molar-refractivity contribution in [2.24, 2.45) is 5.41 Å². The van der Waals surface area contributed by atoms with E-state index >= 15 is 0 Å². The molecule has 2 heteroatoms. The highest BCUT2D eigenvalue weighted by molar-refractivity contribution is 4.68. The van der Waals surface area contributed by atoms with Crippen molar-refractivity contribution in [3.05, 3.63) is 0 Å². The van der Waals surface area contributed by atoms with Gasteiger partial charge in [-0.05, 0) is 31.8 Å². The number of hydrogen-bond donors (Lipinski definition) is 1. The van der Waals surface area contributed by atoms with Crippen LogP contribution in [-0.2, 0) is 0 Å². The van der Waals surface area contributed by atoms with E-state index in [2.05, 4.69) is 26.1 Å². The van der Waals surface area contributed by atoms with Crippen molar-refractivity contribution in [1.82, 2.24) is 5.32 Å². The van der Waals surface area contributed by atoms with E-state index in [0.717, 1.165) is 6.54 Å². The van der Waals surface area contributed by atoms with E-state index in [1.54, 1.807) is 0 Å². The standard InChI is InChI=1S/C9H20FN/c1-9(2,3)7-8(10)5-6-11-4/h8,11H,5-7H2,1-4H3/t8-/m0/s1. The maximum atomic E-state index is 13.0. The van der Waals surface area contributed by atoms with Gasteiger partial charge in [0.15, 0.2) is 0 Å². The van der Waals surface area contributed by atoms with E-state index in [0.29, 0.717) is 12.8 Å². The van der Waals surface area contributed by atoms with E-state index in [1.165, 1.54) is 0 Å². The molecule has 0 spiro atoms. The van der Waals surface area contributed by atoms with Crippen molar-refractivity contribution in [3.63, 3.8) is 0 Å². The van der Waals surface area contributed by atoms with Crippen LogP contribution >= 0.6 is 0 Å². The van der Waals surface area contributed by atoms with Gasteiger partial charge in [-0.25, -0.2) is 4.39 Å². The van der Waals surface area contributed by atoms with E-state index in [-0.39, 0.29) is 5.41 Å². The number of nitrogens with one attached hydrogen (secondary N) is 1. The first-order chi connectivity index (χ1) is 4.95. The van der Waals surface area contributed by atoms with Gasteiger partial charge in [-0.2, -0.15) is 0 Å². The Morgan fingerprint density at radius 1 is 1.36 bits per heavy atom. The van der Waals surface area contributed by atoms with E-state index in [9.17, 15) is 4.39 Å². The largest absolute Gasteiger partial charge is 0.320 e. The highest BCUT2D eigenvalue weighted by atomic mass is 19.1. The van der Waals surface area contributed by atoms with Gasteiger partial charge in [0, 0.05) is 0 Å². The van der Waals surface area contributed by atoms with E-state index < -0.39 is 6.17 Å². The molecular weight excluding hydrogens is 141 g/mol. The van der Waals surface area contributed by atoms with Gasteiger partial charge in [0.2, 0.25) is 0 Å². The van der Waals surface area contributed by atoms with Crippen LogP contribution in [0.5, 0.6) is 0 Å². The molecule has 0 fully saturated rings. The summed E-state index contributed by atoms with van der Waals surface area (Å²) in [5.41, 5.74) is 0.118. The Kier molecular flexibility index (Phi) is 4.66. The third kappa shape index (κ3) is 7.79. The molecule has 0 aliphatic rings. The van der Waals surface area contributed by atoms with Crippen LogP contribution in [0.15, 0.2) is 0 Å². The summed E-state index contributed by atoms with van der Waals surface area (Å²) in [5, 5.41) is 2.94. The van der Waals surface area contributed by atoms with Crippen LogP contribution in [-0.4, -0.2) is 19.8 Å². The molecule has 0 rings (SSSR count). The smallest absolute Gasteiger partial charge is 0.102 e. The molecule has 0 aliphatic heterocycles. The first kappa shape index (κ1) is 10.9. The fraction of sp³-hybridized carbons (Fsp3) is 1.00. The molecule has 68 valence electrons. The number of halogens is 1. The zero-order chi connectivity index (χ0) is 8.91. The van der Waals surface area contributed by atoms with E-state index in [1.807, 2.05) is 7.05 Å². The first-order valence-electron chi connectivity index (χ1n) is 4.24. The third-order valence-electron chi connectivity index (χ3n) is 1.54. The van der Waals surface area contributed by atoms with Crippen molar-refractivity contribution in [2.75, 3.05) is 13.6 Å². The fourth-order valence-corrected chi connectivity index (χ4v) is 1.07. The van der Waals surface area contributed by atoms with Crippen molar-refractivity contribution in [2.45, 2.75) is 39.8 Å². The molecule has 0 bridgehead atoms. The average Bonchev–Trinajstić information content (AvgIpc) is 1.79. The average molecular weight is 161 g/mol. The summed E-state index contributed by atoms with van der Waals surface area (Å²) in [6.45, 7) is 6.98. The molecule has 0 saturated heterocycles. The fourth-order valence-electron chi connectivity index (χ4n) is 1.07. The maximum Gasteiger partial charge on any atom is 0.102 e. The molecule has 0 aliphatic carbocycles. The summed E-state index contributed by atoms with van der Waals surface area (Å²) in [4.78, 5) is 0. The molecule has 1 nitrogen and oxygen atoms in total. The van der Waals surface area contributed by atoms with Gasteiger partial charge in [-0.3, -0.25) is 0 Å². The predicted octanol–water partition coefficient (Wildman–Crippen LogP) is 2.37. The quantitative estimate of drug-likeness (QED) is 0.667. The summed E-state index contributed by atoms with van der Waals surface area (Å²) in [5.74, 6) is 0. The zero-order valence-electron chi connectivity index (χ0n) is 8.08. The SMILES string of the molecule is CNCC[C@H](F)CC(C)(C)C. The number of rotatable bonds is 4. The zero-order valence-corrected chi connectivity index (χ0v) is 8.08. The molecule has 11 heavy (non-hydrogen) atoms. The minimum absolute atomic E-state index is 0.118. The second kappa shape index (κ2) is 4.70. The molecule has 0 radical (unpaired) electrons. The molecule has 0 aromatic rings. The van der Waals surface area contributed by atoms with Crippen molar-refractivity contribution >= 4 is 0 Å². The van der Waals surface area contributed by atoms with Gasteiger partial charge in [-0.15, -0.1) is 0 Å².